The number of benzene rings is 3. The first-order chi connectivity index (χ1) is 18.8. The van der Waals surface area contributed by atoms with Crippen LogP contribution in [0.4, 0.5) is 0 Å². The van der Waals surface area contributed by atoms with Gasteiger partial charge in [0.1, 0.15) is 11.2 Å². The Hall–Kier alpha value is -4.35. The van der Waals surface area contributed by atoms with Crippen molar-refractivity contribution >= 4 is 27.5 Å². The van der Waals surface area contributed by atoms with Crippen molar-refractivity contribution in [1.29, 1.82) is 0 Å². The number of para-hydroxylation sites is 1. The van der Waals surface area contributed by atoms with E-state index in [0.29, 0.717) is 23.4 Å². The summed E-state index contributed by atoms with van der Waals surface area (Å²) in [7, 11) is 0. The van der Waals surface area contributed by atoms with E-state index in [4.69, 9.17) is 24.1 Å². The number of fused-ring (bicyclic) bond motifs is 6. The fourth-order valence-electron chi connectivity index (χ4n) is 6.04. The van der Waals surface area contributed by atoms with Gasteiger partial charge in [0, 0.05) is 33.4 Å². The summed E-state index contributed by atoms with van der Waals surface area (Å²) in [5, 5.41) is 2.15. The summed E-state index contributed by atoms with van der Waals surface area (Å²) in [5.41, 5.74) is 6.07. The number of furan rings is 1. The molecule has 3 aromatic carbocycles. The molecule has 2 aromatic heterocycles. The van der Waals surface area contributed by atoms with E-state index in [1.807, 2.05) is 60.7 Å². The zero-order chi connectivity index (χ0) is 25.1. The van der Waals surface area contributed by atoms with Gasteiger partial charge < -0.3 is 9.15 Å². The lowest BCUT2D eigenvalue weighted by Gasteiger charge is -2.21. The number of aromatic nitrogens is 3. The van der Waals surface area contributed by atoms with Gasteiger partial charge in [-0.3, -0.25) is 0 Å². The van der Waals surface area contributed by atoms with Crippen LogP contribution in [0.1, 0.15) is 25.1 Å². The molecule has 1 saturated heterocycles. The maximum Gasteiger partial charge on any atom is 0.164 e. The molecule has 0 spiro atoms. The highest BCUT2D eigenvalue weighted by molar-refractivity contribution is 6.06. The van der Waals surface area contributed by atoms with E-state index in [-0.39, 0.29) is 12.2 Å². The van der Waals surface area contributed by atoms with Crippen molar-refractivity contribution in [3.05, 3.63) is 108 Å². The molecule has 0 bridgehead atoms. The average Bonchev–Trinajstić information content (AvgIpc) is 3.55. The standard InChI is InChI=1S/C33H25N3O2/c1-2-8-20(9-3-1)31-34-32(21-14-16-29-25(18-21)23-10-4-6-12-27(23)37-29)36-33(35-31)22-15-17-30-26(19-22)24-11-5-7-13-28(24)38-30/h1-4,6-10,12-16,18-19,24,28,30H,5,11,17H2. The normalized spacial score (nSPS) is 22.3. The second-order valence-corrected chi connectivity index (χ2v) is 10.2. The molecule has 2 aliphatic carbocycles. The van der Waals surface area contributed by atoms with Gasteiger partial charge in [-0.2, -0.15) is 0 Å². The summed E-state index contributed by atoms with van der Waals surface area (Å²) in [6.45, 7) is 0. The number of allylic oxidation sites excluding steroid dienone is 3. The van der Waals surface area contributed by atoms with Gasteiger partial charge in [0.2, 0.25) is 0 Å². The first-order valence-electron chi connectivity index (χ1n) is 13.3. The van der Waals surface area contributed by atoms with E-state index in [0.717, 1.165) is 57.9 Å². The third kappa shape index (κ3) is 3.54. The fourth-order valence-corrected chi connectivity index (χ4v) is 6.04. The lowest BCUT2D eigenvalue weighted by Crippen LogP contribution is -2.16. The molecular formula is C33H25N3O2. The number of hydrogen-bond acceptors (Lipinski definition) is 5. The molecule has 184 valence electrons. The van der Waals surface area contributed by atoms with E-state index in [9.17, 15) is 0 Å². The summed E-state index contributed by atoms with van der Waals surface area (Å²) in [6.07, 6.45) is 12.4. The molecule has 5 heteroatoms. The van der Waals surface area contributed by atoms with Crippen molar-refractivity contribution in [2.24, 2.45) is 5.92 Å². The van der Waals surface area contributed by atoms with E-state index in [1.165, 1.54) is 5.57 Å². The lowest BCUT2D eigenvalue weighted by atomic mass is 9.82. The first kappa shape index (κ1) is 21.7. The Bertz CT molecular complexity index is 1800. The molecule has 5 nitrogen and oxygen atoms in total. The minimum Gasteiger partial charge on any atom is -0.456 e. The number of hydrogen-bond donors (Lipinski definition) is 0. The highest BCUT2D eigenvalue weighted by atomic mass is 16.5. The molecule has 0 saturated carbocycles. The van der Waals surface area contributed by atoms with Crippen LogP contribution in [0.25, 0.3) is 50.3 Å². The monoisotopic (exact) mass is 495 g/mol. The summed E-state index contributed by atoms with van der Waals surface area (Å²) in [6, 6.07) is 24.4. The van der Waals surface area contributed by atoms with E-state index in [2.05, 4.69) is 36.4 Å². The molecular weight excluding hydrogens is 470 g/mol. The zero-order valence-electron chi connectivity index (χ0n) is 20.7. The highest BCUT2D eigenvalue weighted by Gasteiger charge is 2.40. The SMILES string of the molecule is C1=CC2OC3CC=C(c4nc(-c5ccccc5)nc(-c5ccc6oc7ccccc7c6c5)n4)C=C3C2CC1. The van der Waals surface area contributed by atoms with Crippen LogP contribution >= 0.6 is 0 Å². The highest BCUT2D eigenvalue weighted by Crippen LogP contribution is 2.43. The van der Waals surface area contributed by atoms with Gasteiger partial charge in [-0.25, -0.2) is 15.0 Å². The summed E-state index contributed by atoms with van der Waals surface area (Å²) in [4.78, 5) is 14.9. The molecule has 8 rings (SSSR count). The van der Waals surface area contributed by atoms with Crippen LogP contribution in [0.5, 0.6) is 0 Å². The largest absolute Gasteiger partial charge is 0.456 e. The minimum absolute atomic E-state index is 0.156. The van der Waals surface area contributed by atoms with Crippen LogP contribution in [-0.2, 0) is 4.74 Å². The molecule has 3 aliphatic rings. The Labute approximate surface area is 220 Å². The molecule has 0 amide bonds. The van der Waals surface area contributed by atoms with E-state index < -0.39 is 0 Å². The maximum atomic E-state index is 6.35. The van der Waals surface area contributed by atoms with Crippen LogP contribution in [0.2, 0.25) is 0 Å². The van der Waals surface area contributed by atoms with Crippen LogP contribution in [0.15, 0.2) is 107 Å². The smallest absolute Gasteiger partial charge is 0.164 e. The Morgan fingerprint density at radius 3 is 2.45 bits per heavy atom. The van der Waals surface area contributed by atoms with E-state index >= 15 is 0 Å². The van der Waals surface area contributed by atoms with Gasteiger partial charge in [-0.1, -0.05) is 66.8 Å². The molecule has 3 atom stereocenters. The van der Waals surface area contributed by atoms with Gasteiger partial charge in [-0.05, 0) is 55.2 Å². The molecule has 1 fully saturated rings. The maximum absolute atomic E-state index is 6.35. The summed E-state index contributed by atoms with van der Waals surface area (Å²) >= 11 is 0. The average molecular weight is 496 g/mol. The van der Waals surface area contributed by atoms with Gasteiger partial charge in [-0.15, -0.1) is 0 Å². The zero-order valence-corrected chi connectivity index (χ0v) is 20.7. The van der Waals surface area contributed by atoms with Crippen LogP contribution in [0.3, 0.4) is 0 Å². The molecule has 5 aromatic rings. The second-order valence-electron chi connectivity index (χ2n) is 10.2. The third-order valence-corrected chi connectivity index (χ3v) is 7.92. The summed E-state index contributed by atoms with van der Waals surface area (Å²) in [5.74, 6) is 2.47. The third-order valence-electron chi connectivity index (χ3n) is 7.92. The molecule has 0 N–H and O–H groups in total. The Balaban J connectivity index is 1.27. The van der Waals surface area contributed by atoms with Gasteiger partial charge >= 0.3 is 0 Å². The van der Waals surface area contributed by atoms with Crippen molar-refractivity contribution in [2.75, 3.05) is 0 Å². The van der Waals surface area contributed by atoms with E-state index in [1.54, 1.807) is 0 Å². The van der Waals surface area contributed by atoms with Crippen molar-refractivity contribution in [3.63, 3.8) is 0 Å². The summed E-state index contributed by atoms with van der Waals surface area (Å²) < 4.78 is 12.4. The van der Waals surface area contributed by atoms with Gasteiger partial charge in [0.15, 0.2) is 17.5 Å². The lowest BCUT2D eigenvalue weighted by molar-refractivity contribution is 0.0660. The van der Waals surface area contributed by atoms with Crippen LogP contribution < -0.4 is 0 Å². The minimum atomic E-state index is 0.156. The van der Waals surface area contributed by atoms with Gasteiger partial charge in [0.25, 0.3) is 0 Å². The number of ether oxygens (including phenoxy) is 1. The first-order valence-corrected chi connectivity index (χ1v) is 13.3. The topological polar surface area (TPSA) is 61.0 Å². The predicted molar refractivity (Wildman–Crippen MR) is 149 cm³/mol. The Morgan fingerprint density at radius 1 is 0.737 bits per heavy atom. The van der Waals surface area contributed by atoms with Crippen molar-refractivity contribution in [1.82, 2.24) is 15.0 Å². The van der Waals surface area contributed by atoms with Crippen molar-refractivity contribution < 1.29 is 9.15 Å². The van der Waals surface area contributed by atoms with Crippen molar-refractivity contribution in [3.8, 4) is 22.8 Å². The van der Waals surface area contributed by atoms with Gasteiger partial charge in [0.05, 0.1) is 12.2 Å². The Kier molecular flexibility index (Phi) is 4.92. The molecule has 3 heterocycles. The Morgan fingerprint density at radius 2 is 1.53 bits per heavy atom. The molecule has 0 radical (unpaired) electrons. The molecule has 1 aliphatic heterocycles. The van der Waals surface area contributed by atoms with Crippen LogP contribution in [0, 0.1) is 5.92 Å². The number of nitrogens with zero attached hydrogens (tertiary/aromatic N) is 3. The second kappa shape index (κ2) is 8.61. The number of rotatable bonds is 3. The van der Waals surface area contributed by atoms with Crippen molar-refractivity contribution in [2.45, 2.75) is 31.5 Å². The molecule has 38 heavy (non-hydrogen) atoms. The predicted octanol–water partition coefficient (Wildman–Crippen LogP) is 7.55. The fraction of sp³-hybridized carbons (Fsp3) is 0.182. The van der Waals surface area contributed by atoms with Crippen LogP contribution in [-0.4, -0.2) is 27.2 Å². The quantitative estimate of drug-likeness (QED) is 0.242. The molecule has 3 unspecified atom stereocenters.